The molecule has 3 rings (SSSR count). The Bertz CT molecular complexity index is 1080. The van der Waals surface area contributed by atoms with Gasteiger partial charge in [0.05, 0.1) is 18.4 Å². The third-order valence-corrected chi connectivity index (χ3v) is 4.19. The molecule has 0 aromatic heterocycles. The van der Waals surface area contributed by atoms with Crippen molar-refractivity contribution in [3.8, 4) is 11.5 Å². The first kappa shape index (κ1) is 19.9. The molecule has 0 unspecified atom stereocenters. The van der Waals surface area contributed by atoms with Crippen molar-refractivity contribution in [3.63, 3.8) is 0 Å². The van der Waals surface area contributed by atoms with Gasteiger partial charge in [-0.15, -0.1) is 0 Å². The lowest BCUT2D eigenvalue weighted by Gasteiger charge is -2.13. The molecule has 2 amide bonds. The molecule has 29 heavy (non-hydrogen) atoms. The van der Waals surface area contributed by atoms with Crippen molar-refractivity contribution >= 4 is 23.2 Å². The van der Waals surface area contributed by atoms with E-state index in [0.717, 1.165) is 11.6 Å². The van der Waals surface area contributed by atoms with Gasteiger partial charge in [0.2, 0.25) is 0 Å². The number of carbonyl (C=O) groups is 2. The maximum atomic E-state index is 13.4. The molecule has 0 radical (unpaired) electrons. The zero-order valence-electron chi connectivity index (χ0n) is 15.8. The van der Waals surface area contributed by atoms with Gasteiger partial charge in [-0.2, -0.15) is 0 Å². The van der Waals surface area contributed by atoms with Gasteiger partial charge >= 0.3 is 0 Å². The molecule has 0 fully saturated rings. The molecule has 0 aliphatic carbocycles. The van der Waals surface area contributed by atoms with Crippen molar-refractivity contribution in [1.82, 2.24) is 0 Å². The molecule has 0 bridgehead atoms. The zero-order valence-corrected chi connectivity index (χ0v) is 15.8. The summed E-state index contributed by atoms with van der Waals surface area (Å²) >= 11 is 0. The number of hydrogen-bond donors (Lipinski definition) is 3. The summed E-state index contributed by atoms with van der Waals surface area (Å²) in [6.07, 6.45) is 0. The fourth-order valence-electron chi connectivity index (χ4n) is 2.74. The maximum absolute atomic E-state index is 13.4. The number of amides is 2. The van der Waals surface area contributed by atoms with Crippen LogP contribution < -0.4 is 15.4 Å². The zero-order chi connectivity index (χ0) is 21.0. The van der Waals surface area contributed by atoms with Gasteiger partial charge < -0.3 is 20.5 Å². The molecule has 7 heteroatoms. The smallest absolute Gasteiger partial charge is 0.259 e. The Morgan fingerprint density at radius 3 is 2.45 bits per heavy atom. The van der Waals surface area contributed by atoms with E-state index in [1.807, 2.05) is 0 Å². The minimum absolute atomic E-state index is 0.122. The average molecular weight is 394 g/mol. The molecular weight excluding hydrogens is 375 g/mol. The summed E-state index contributed by atoms with van der Waals surface area (Å²) in [7, 11) is 1.44. The fraction of sp³-hybridized carbons (Fsp3) is 0.0909. The van der Waals surface area contributed by atoms with E-state index >= 15 is 0 Å². The van der Waals surface area contributed by atoms with E-state index in [1.54, 1.807) is 25.1 Å². The van der Waals surface area contributed by atoms with E-state index in [2.05, 4.69) is 10.6 Å². The number of ether oxygens (including phenoxy) is 1. The van der Waals surface area contributed by atoms with E-state index in [1.165, 1.54) is 43.5 Å². The van der Waals surface area contributed by atoms with Crippen LogP contribution in [0.15, 0.2) is 60.7 Å². The van der Waals surface area contributed by atoms with Crippen molar-refractivity contribution in [2.75, 3.05) is 17.7 Å². The second-order valence-electron chi connectivity index (χ2n) is 6.35. The van der Waals surface area contributed by atoms with E-state index in [0.29, 0.717) is 17.1 Å². The molecule has 3 aromatic carbocycles. The monoisotopic (exact) mass is 394 g/mol. The first-order chi connectivity index (χ1) is 13.9. The Kier molecular flexibility index (Phi) is 5.78. The van der Waals surface area contributed by atoms with Crippen LogP contribution in [-0.4, -0.2) is 24.0 Å². The van der Waals surface area contributed by atoms with Crippen LogP contribution in [0.4, 0.5) is 15.8 Å². The molecule has 148 valence electrons. The molecule has 0 atom stereocenters. The second-order valence-corrected chi connectivity index (χ2v) is 6.35. The van der Waals surface area contributed by atoms with Crippen LogP contribution in [-0.2, 0) is 0 Å². The number of aryl methyl sites for hydroxylation is 1. The predicted octanol–water partition coefficient (Wildman–Crippen LogP) is 4.35. The molecule has 0 aliphatic heterocycles. The average Bonchev–Trinajstić information content (AvgIpc) is 2.68. The highest BCUT2D eigenvalue weighted by molar-refractivity contribution is 6.08. The molecule has 0 saturated carbocycles. The van der Waals surface area contributed by atoms with Crippen LogP contribution in [0.2, 0.25) is 0 Å². The summed E-state index contributed by atoms with van der Waals surface area (Å²) in [6.45, 7) is 1.80. The quantitative estimate of drug-likeness (QED) is 0.600. The molecule has 3 N–H and O–H groups in total. The van der Waals surface area contributed by atoms with Crippen LogP contribution >= 0.6 is 0 Å². The Morgan fingerprint density at radius 2 is 1.76 bits per heavy atom. The van der Waals surface area contributed by atoms with Gasteiger partial charge in [-0.25, -0.2) is 4.39 Å². The second kappa shape index (κ2) is 8.43. The van der Waals surface area contributed by atoms with Gasteiger partial charge in [0.1, 0.15) is 17.3 Å². The first-order valence-corrected chi connectivity index (χ1v) is 8.73. The van der Waals surface area contributed by atoms with Crippen LogP contribution in [0.1, 0.15) is 26.3 Å². The van der Waals surface area contributed by atoms with Crippen LogP contribution in [0.25, 0.3) is 0 Å². The molecule has 0 saturated heterocycles. The number of halogens is 1. The number of benzene rings is 3. The largest absolute Gasteiger partial charge is 0.507 e. The standard InChI is InChI=1S/C22H19FN2O4/c1-13-6-8-17(19(26)10-13)22(28)24-16-7-9-20(29-2)18(12-16)25-21(27)14-4-3-5-15(23)11-14/h3-12,26H,1-2H3,(H,24,28)(H,25,27). The number of methoxy groups -OCH3 is 1. The highest BCUT2D eigenvalue weighted by Crippen LogP contribution is 2.29. The molecule has 0 aliphatic rings. The van der Waals surface area contributed by atoms with E-state index in [9.17, 15) is 19.1 Å². The van der Waals surface area contributed by atoms with Crippen LogP contribution in [0.5, 0.6) is 11.5 Å². The third-order valence-electron chi connectivity index (χ3n) is 4.19. The molecule has 6 nitrogen and oxygen atoms in total. The molecule has 3 aromatic rings. The number of rotatable bonds is 5. The minimum atomic E-state index is -0.526. The number of carbonyl (C=O) groups excluding carboxylic acids is 2. The van der Waals surface area contributed by atoms with Gasteiger partial charge in [-0.3, -0.25) is 9.59 Å². The van der Waals surface area contributed by atoms with Crippen molar-refractivity contribution in [3.05, 3.63) is 83.2 Å². The summed E-state index contributed by atoms with van der Waals surface area (Å²) in [5.41, 5.74) is 1.77. The highest BCUT2D eigenvalue weighted by atomic mass is 19.1. The van der Waals surface area contributed by atoms with Crippen molar-refractivity contribution in [2.24, 2.45) is 0 Å². The van der Waals surface area contributed by atoms with E-state index in [-0.39, 0.29) is 16.9 Å². The van der Waals surface area contributed by atoms with Crippen molar-refractivity contribution in [2.45, 2.75) is 6.92 Å². The van der Waals surface area contributed by atoms with E-state index < -0.39 is 17.6 Å². The number of hydrogen-bond acceptors (Lipinski definition) is 4. The SMILES string of the molecule is COc1ccc(NC(=O)c2ccc(C)cc2O)cc1NC(=O)c1cccc(F)c1. The Hall–Kier alpha value is -3.87. The third kappa shape index (κ3) is 4.70. The Morgan fingerprint density at radius 1 is 0.966 bits per heavy atom. The Balaban J connectivity index is 1.83. The summed E-state index contributed by atoms with van der Waals surface area (Å²) in [5, 5.41) is 15.3. The summed E-state index contributed by atoms with van der Waals surface area (Å²) in [4.78, 5) is 24.9. The van der Waals surface area contributed by atoms with Crippen molar-refractivity contribution < 1.29 is 23.8 Å². The Labute approximate surface area is 167 Å². The van der Waals surface area contributed by atoms with Crippen LogP contribution in [0.3, 0.4) is 0 Å². The topological polar surface area (TPSA) is 87.7 Å². The molecule has 0 spiro atoms. The predicted molar refractivity (Wildman–Crippen MR) is 108 cm³/mol. The number of aromatic hydroxyl groups is 1. The summed E-state index contributed by atoms with van der Waals surface area (Å²) in [5.74, 6) is -1.32. The lowest BCUT2D eigenvalue weighted by atomic mass is 10.1. The van der Waals surface area contributed by atoms with Gasteiger partial charge in [0, 0.05) is 11.3 Å². The minimum Gasteiger partial charge on any atom is -0.507 e. The number of phenols is 1. The normalized spacial score (nSPS) is 10.3. The van der Waals surface area contributed by atoms with Gasteiger partial charge in [-0.1, -0.05) is 12.1 Å². The highest BCUT2D eigenvalue weighted by Gasteiger charge is 2.15. The number of phenolic OH excluding ortho intramolecular Hbond substituents is 1. The molecule has 0 heterocycles. The number of anilines is 2. The van der Waals surface area contributed by atoms with Gasteiger partial charge in [0.15, 0.2) is 0 Å². The lowest BCUT2D eigenvalue weighted by molar-refractivity contribution is 0.101. The van der Waals surface area contributed by atoms with Gasteiger partial charge in [-0.05, 0) is 61.0 Å². The maximum Gasteiger partial charge on any atom is 0.259 e. The van der Waals surface area contributed by atoms with Crippen LogP contribution in [0, 0.1) is 12.7 Å². The fourth-order valence-corrected chi connectivity index (χ4v) is 2.74. The van der Waals surface area contributed by atoms with E-state index in [4.69, 9.17) is 4.74 Å². The lowest BCUT2D eigenvalue weighted by Crippen LogP contribution is -2.15. The number of nitrogens with one attached hydrogen (secondary N) is 2. The molecular formula is C22H19FN2O4. The summed E-state index contributed by atoms with van der Waals surface area (Å²) in [6, 6.07) is 14.7. The van der Waals surface area contributed by atoms with Gasteiger partial charge in [0.25, 0.3) is 11.8 Å². The first-order valence-electron chi connectivity index (χ1n) is 8.73. The van der Waals surface area contributed by atoms with Crippen molar-refractivity contribution in [1.29, 1.82) is 0 Å². The summed E-state index contributed by atoms with van der Waals surface area (Å²) < 4.78 is 18.6.